The molecule has 0 fully saturated rings. The van der Waals surface area contributed by atoms with Crippen LogP contribution in [0.4, 0.5) is 10.1 Å². The number of halogens is 1. The van der Waals surface area contributed by atoms with Crippen molar-refractivity contribution in [3.63, 3.8) is 0 Å². The summed E-state index contributed by atoms with van der Waals surface area (Å²) in [5.74, 6) is -1.17. The van der Waals surface area contributed by atoms with E-state index in [-0.39, 0.29) is 16.8 Å². The van der Waals surface area contributed by atoms with Crippen LogP contribution in [0.25, 0.3) is 0 Å². The number of benzene rings is 1. The van der Waals surface area contributed by atoms with Crippen LogP contribution >= 0.6 is 0 Å². The molecule has 110 valence electrons. The van der Waals surface area contributed by atoms with Crippen molar-refractivity contribution in [1.29, 1.82) is 0 Å². The molecule has 1 amide bonds. The molecular weight excluding hydrogens is 263 g/mol. The number of aryl methyl sites for hydroxylation is 1. The number of nitrogens with zero attached hydrogens (tertiary/aromatic N) is 2. The minimum atomic E-state index is -0.683. The molecule has 1 rings (SSSR count). The lowest BCUT2D eigenvalue weighted by molar-refractivity contribution is -0.385. The summed E-state index contributed by atoms with van der Waals surface area (Å²) in [6, 6.07) is 2.15. The first-order valence-electron chi connectivity index (χ1n) is 6.66. The maximum Gasteiger partial charge on any atom is 0.270 e. The third-order valence-corrected chi connectivity index (χ3v) is 2.95. The second-order valence-corrected chi connectivity index (χ2v) is 4.67. The van der Waals surface area contributed by atoms with Gasteiger partial charge in [-0.05, 0) is 25.3 Å². The van der Waals surface area contributed by atoms with Crippen LogP contribution in [0.3, 0.4) is 0 Å². The fraction of sp³-hybridized carbons (Fsp3) is 0.500. The normalized spacial score (nSPS) is 10.4. The Morgan fingerprint density at radius 3 is 2.30 bits per heavy atom. The van der Waals surface area contributed by atoms with Crippen LogP contribution in [0, 0.1) is 22.9 Å². The Hall–Kier alpha value is -1.98. The fourth-order valence-corrected chi connectivity index (χ4v) is 2.04. The van der Waals surface area contributed by atoms with Gasteiger partial charge in [-0.25, -0.2) is 4.39 Å². The zero-order valence-electron chi connectivity index (χ0n) is 12.0. The SMILES string of the molecule is CCCN(CCC)C(=O)c1cc([N+](=O)[O-])cc(C)c1F. The molecule has 1 aromatic carbocycles. The zero-order valence-corrected chi connectivity index (χ0v) is 12.0. The Kier molecular flexibility index (Phi) is 5.61. The van der Waals surface area contributed by atoms with E-state index in [0.29, 0.717) is 13.1 Å². The van der Waals surface area contributed by atoms with Crippen molar-refractivity contribution in [2.45, 2.75) is 33.6 Å². The lowest BCUT2D eigenvalue weighted by Gasteiger charge is -2.22. The number of nitro groups is 1. The molecule has 0 saturated heterocycles. The summed E-state index contributed by atoms with van der Waals surface area (Å²) in [5.41, 5.74) is -0.380. The molecule has 5 nitrogen and oxygen atoms in total. The molecule has 0 spiro atoms. The first-order chi connectivity index (χ1) is 9.42. The van der Waals surface area contributed by atoms with Crippen molar-refractivity contribution in [1.82, 2.24) is 4.90 Å². The van der Waals surface area contributed by atoms with Crippen molar-refractivity contribution < 1.29 is 14.1 Å². The Balaban J connectivity index is 3.22. The Labute approximate surface area is 117 Å². The van der Waals surface area contributed by atoms with E-state index in [4.69, 9.17) is 0 Å². The number of hydrogen-bond acceptors (Lipinski definition) is 3. The van der Waals surface area contributed by atoms with Crippen LogP contribution < -0.4 is 0 Å². The molecule has 0 saturated carbocycles. The number of amides is 1. The Morgan fingerprint density at radius 1 is 1.30 bits per heavy atom. The van der Waals surface area contributed by atoms with Crippen LogP contribution in [0.15, 0.2) is 12.1 Å². The lowest BCUT2D eigenvalue weighted by Crippen LogP contribution is -2.33. The molecule has 0 N–H and O–H groups in total. The first kappa shape index (κ1) is 16.1. The predicted octanol–water partition coefficient (Wildman–Crippen LogP) is 3.30. The van der Waals surface area contributed by atoms with Gasteiger partial charge in [0.05, 0.1) is 10.5 Å². The van der Waals surface area contributed by atoms with Gasteiger partial charge in [0.25, 0.3) is 11.6 Å². The van der Waals surface area contributed by atoms with E-state index in [1.807, 2.05) is 13.8 Å². The van der Waals surface area contributed by atoms with Gasteiger partial charge in [0.2, 0.25) is 0 Å². The molecule has 6 heteroatoms. The van der Waals surface area contributed by atoms with Gasteiger partial charge < -0.3 is 4.90 Å². The highest BCUT2D eigenvalue weighted by Gasteiger charge is 2.23. The van der Waals surface area contributed by atoms with Crippen LogP contribution in [0.1, 0.15) is 42.6 Å². The smallest absolute Gasteiger partial charge is 0.270 e. The average Bonchev–Trinajstić information content (AvgIpc) is 2.40. The van der Waals surface area contributed by atoms with Crippen LogP contribution in [-0.4, -0.2) is 28.8 Å². The minimum absolute atomic E-state index is 0.107. The average molecular weight is 282 g/mol. The molecule has 0 atom stereocenters. The van der Waals surface area contributed by atoms with Crippen molar-refractivity contribution >= 4 is 11.6 Å². The van der Waals surface area contributed by atoms with E-state index in [1.54, 1.807) is 0 Å². The summed E-state index contributed by atoms with van der Waals surface area (Å²) in [4.78, 5) is 24.1. The van der Waals surface area contributed by atoms with Gasteiger partial charge in [0.15, 0.2) is 0 Å². The maximum atomic E-state index is 14.1. The van der Waals surface area contributed by atoms with E-state index in [0.717, 1.165) is 25.0 Å². The molecule has 0 heterocycles. The van der Waals surface area contributed by atoms with E-state index in [2.05, 4.69) is 0 Å². The zero-order chi connectivity index (χ0) is 15.3. The topological polar surface area (TPSA) is 63.5 Å². The summed E-state index contributed by atoms with van der Waals surface area (Å²) in [6.45, 7) is 6.28. The lowest BCUT2D eigenvalue weighted by atomic mass is 10.1. The highest BCUT2D eigenvalue weighted by atomic mass is 19.1. The molecule has 0 unspecified atom stereocenters. The van der Waals surface area contributed by atoms with Gasteiger partial charge in [0.1, 0.15) is 5.82 Å². The molecular formula is C14H19FN2O3. The first-order valence-corrected chi connectivity index (χ1v) is 6.66. The third-order valence-electron chi connectivity index (χ3n) is 2.95. The molecule has 0 radical (unpaired) electrons. The molecule has 0 aromatic heterocycles. The van der Waals surface area contributed by atoms with Gasteiger partial charge >= 0.3 is 0 Å². The molecule has 20 heavy (non-hydrogen) atoms. The second kappa shape index (κ2) is 6.98. The Bertz CT molecular complexity index is 511. The Morgan fingerprint density at radius 2 is 1.85 bits per heavy atom. The monoisotopic (exact) mass is 282 g/mol. The van der Waals surface area contributed by atoms with Crippen molar-refractivity contribution in [3.8, 4) is 0 Å². The summed E-state index contributed by atoms with van der Waals surface area (Å²) < 4.78 is 14.1. The number of carbonyl (C=O) groups is 1. The van der Waals surface area contributed by atoms with E-state index >= 15 is 0 Å². The molecule has 1 aromatic rings. The number of carbonyl (C=O) groups excluding carboxylic acids is 1. The minimum Gasteiger partial charge on any atom is -0.339 e. The van der Waals surface area contributed by atoms with Gasteiger partial charge in [-0.1, -0.05) is 13.8 Å². The van der Waals surface area contributed by atoms with E-state index in [1.165, 1.54) is 11.8 Å². The number of rotatable bonds is 6. The van der Waals surface area contributed by atoms with Crippen molar-refractivity contribution in [3.05, 3.63) is 39.2 Å². The van der Waals surface area contributed by atoms with E-state index < -0.39 is 16.6 Å². The number of hydrogen-bond donors (Lipinski definition) is 0. The quantitative estimate of drug-likeness (QED) is 0.594. The van der Waals surface area contributed by atoms with Gasteiger partial charge in [-0.3, -0.25) is 14.9 Å². The van der Waals surface area contributed by atoms with Crippen molar-refractivity contribution in [2.24, 2.45) is 0 Å². The fourth-order valence-electron chi connectivity index (χ4n) is 2.04. The summed E-state index contributed by atoms with van der Waals surface area (Å²) in [5, 5.41) is 10.8. The standard InChI is InChI=1S/C14H19FN2O3/c1-4-6-16(7-5-2)14(18)12-9-11(17(19)20)8-10(3)13(12)15/h8-9H,4-7H2,1-3H3. The van der Waals surface area contributed by atoms with Crippen molar-refractivity contribution in [2.75, 3.05) is 13.1 Å². The van der Waals surface area contributed by atoms with Gasteiger partial charge in [-0.2, -0.15) is 0 Å². The largest absolute Gasteiger partial charge is 0.339 e. The van der Waals surface area contributed by atoms with Gasteiger partial charge in [-0.15, -0.1) is 0 Å². The number of non-ortho nitro benzene ring substituents is 1. The highest BCUT2D eigenvalue weighted by molar-refractivity contribution is 5.95. The van der Waals surface area contributed by atoms with Crippen LogP contribution in [0.5, 0.6) is 0 Å². The maximum absolute atomic E-state index is 14.1. The number of nitro benzene ring substituents is 1. The second-order valence-electron chi connectivity index (χ2n) is 4.67. The van der Waals surface area contributed by atoms with Crippen LogP contribution in [-0.2, 0) is 0 Å². The summed E-state index contributed by atoms with van der Waals surface area (Å²) in [6.07, 6.45) is 1.50. The molecule has 0 aliphatic carbocycles. The van der Waals surface area contributed by atoms with Gasteiger partial charge in [0, 0.05) is 25.2 Å². The third kappa shape index (κ3) is 3.53. The predicted molar refractivity (Wildman–Crippen MR) is 74.3 cm³/mol. The molecule has 0 bridgehead atoms. The summed E-state index contributed by atoms with van der Waals surface area (Å²) >= 11 is 0. The van der Waals surface area contributed by atoms with Crippen LogP contribution in [0.2, 0.25) is 0 Å². The highest BCUT2D eigenvalue weighted by Crippen LogP contribution is 2.22. The summed E-state index contributed by atoms with van der Waals surface area (Å²) in [7, 11) is 0. The van der Waals surface area contributed by atoms with E-state index in [9.17, 15) is 19.3 Å². The molecule has 0 aliphatic heterocycles. The molecule has 0 aliphatic rings.